The third-order valence-corrected chi connectivity index (χ3v) is 4.32. The van der Waals surface area contributed by atoms with Crippen molar-refractivity contribution in [1.82, 2.24) is 15.5 Å². The van der Waals surface area contributed by atoms with E-state index in [2.05, 4.69) is 10.6 Å². The first-order valence-corrected chi connectivity index (χ1v) is 8.45. The third kappa shape index (κ3) is 4.15. The summed E-state index contributed by atoms with van der Waals surface area (Å²) in [5, 5.41) is 7.40. The van der Waals surface area contributed by atoms with Crippen LogP contribution in [0.2, 0.25) is 0 Å². The standard InChI is InChI=1S/C19H21N3O3/c23-17(16-7-3-5-14-4-1-2-6-15(14)16)8-9-18(24)20-10-12-22-13-11-21-19(22)25/h1-7H,8-13H2,(H,20,24)(H,21,25). The molecule has 2 aromatic carbocycles. The molecule has 0 spiro atoms. The van der Waals surface area contributed by atoms with E-state index >= 15 is 0 Å². The number of fused-ring (bicyclic) bond motifs is 1. The zero-order valence-corrected chi connectivity index (χ0v) is 14.0. The Morgan fingerprint density at radius 2 is 1.88 bits per heavy atom. The average molecular weight is 339 g/mol. The average Bonchev–Trinajstić information content (AvgIpc) is 3.04. The van der Waals surface area contributed by atoms with Crippen molar-refractivity contribution in [3.05, 3.63) is 48.0 Å². The van der Waals surface area contributed by atoms with Crippen molar-refractivity contribution in [3.63, 3.8) is 0 Å². The minimum Gasteiger partial charge on any atom is -0.354 e. The number of nitrogens with zero attached hydrogens (tertiary/aromatic N) is 1. The summed E-state index contributed by atoms with van der Waals surface area (Å²) < 4.78 is 0. The van der Waals surface area contributed by atoms with Gasteiger partial charge in [-0.3, -0.25) is 9.59 Å². The largest absolute Gasteiger partial charge is 0.354 e. The van der Waals surface area contributed by atoms with E-state index in [-0.39, 0.29) is 30.6 Å². The van der Waals surface area contributed by atoms with Gasteiger partial charge in [0.05, 0.1) is 0 Å². The van der Waals surface area contributed by atoms with Crippen LogP contribution in [0.3, 0.4) is 0 Å². The highest BCUT2D eigenvalue weighted by Gasteiger charge is 2.18. The maximum absolute atomic E-state index is 12.4. The maximum Gasteiger partial charge on any atom is 0.317 e. The Hall–Kier alpha value is -2.89. The molecule has 2 aromatic rings. The van der Waals surface area contributed by atoms with Gasteiger partial charge in [-0.05, 0) is 10.8 Å². The number of amides is 3. The van der Waals surface area contributed by atoms with E-state index < -0.39 is 0 Å². The fraction of sp³-hybridized carbons (Fsp3) is 0.316. The van der Waals surface area contributed by atoms with Crippen molar-refractivity contribution in [3.8, 4) is 0 Å². The smallest absolute Gasteiger partial charge is 0.317 e. The van der Waals surface area contributed by atoms with Crippen molar-refractivity contribution >= 4 is 28.5 Å². The second kappa shape index (κ2) is 7.79. The lowest BCUT2D eigenvalue weighted by Crippen LogP contribution is -2.36. The van der Waals surface area contributed by atoms with E-state index in [4.69, 9.17) is 0 Å². The molecular weight excluding hydrogens is 318 g/mol. The molecule has 3 amide bonds. The molecule has 2 N–H and O–H groups in total. The molecule has 6 heteroatoms. The minimum atomic E-state index is -0.173. The molecule has 25 heavy (non-hydrogen) atoms. The van der Waals surface area contributed by atoms with Gasteiger partial charge in [-0.25, -0.2) is 4.79 Å². The second-order valence-corrected chi connectivity index (χ2v) is 6.02. The molecule has 1 fully saturated rings. The molecule has 1 aliphatic rings. The van der Waals surface area contributed by atoms with Gasteiger partial charge in [0.2, 0.25) is 5.91 Å². The molecule has 0 saturated carbocycles. The fourth-order valence-electron chi connectivity index (χ4n) is 2.97. The summed E-state index contributed by atoms with van der Waals surface area (Å²) in [7, 11) is 0. The summed E-state index contributed by atoms with van der Waals surface area (Å²) in [5.41, 5.74) is 0.652. The highest BCUT2D eigenvalue weighted by Crippen LogP contribution is 2.20. The Balaban J connectivity index is 1.48. The Morgan fingerprint density at radius 3 is 2.68 bits per heavy atom. The summed E-state index contributed by atoms with van der Waals surface area (Å²) in [5.74, 6) is -0.209. The van der Waals surface area contributed by atoms with E-state index in [0.717, 1.165) is 10.8 Å². The second-order valence-electron chi connectivity index (χ2n) is 6.02. The van der Waals surface area contributed by atoms with Gasteiger partial charge in [0.15, 0.2) is 5.78 Å². The monoisotopic (exact) mass is 339 g/mol. The van der Waals surface area contributed by atoms with Gasteiger partial charge < -0.3 is 15.5 Å². The van der Waals surface area contributed by atoms with Crippen LogP contribution in [0.4, 0.5) is 4.79 Å². The van der Waals surface area contributed by atoms with Crippen LogP contribution in [-0.2, 0) is 4.79 Å². The summed E-state index contributed by atoms with van der Waals surface area (Å²) in [6.45, 7) is 2.18. The molecule has 1 saturated heterocycles. The number of carbonyl (C=O) groups is 3. The SMILES string of the molecule is O=C(CCC(=O)c1cccc2ccccc12)NCCN1CCNC1=O. The van der Waals surface area contributed by atoms with E-state index in [1.54, 1.807) is 11.0 Å². The van der Waals surface area contributed by atoms with Gasteiger partial charge in [0.25, 0.3) is 0 Å². The number of hydrogen-bond acceptors (Lipinski definition) is 3. The van der Waals surface area contributed by atoms with Gasteiger partial charge in [0, 0.05) is 44.6 Å². The van der Waals surface area contributed by atoms with E-state index in [1.807, 2.05) is 36.4 Å². The van der Waals surface area contributed by atoms with Gasteiger partial charge in [-0.1, -0.05) is 42.5 Å². The van der Waals surface area contributed by atoms with Gasteiger partial charge >= 0.3 is 6.03 Å². The number of rotatable bonds is 7. The Kier molecular flexibility index (Phi) is 5.28. The van der Waals surface area contributed by atoms with E-state index in [0.29, 0.717) is 31.7 Å². The Bertz CT molecular complexity index is 798. The molecule has 1 aliphatic heterocycles. The molecular formula is C19H21N3O3. The van der Waals surface area contributed by atoms with Crippen molar-refractivity contribution in [1.29, 1.82) is 0 Å². The molecule has 3 rings (SSSR count). The number of carbonyl (C=O) groups excluding carboxylic acids is 3. The first-order valence-electron chi connectivity index (χ1n) is 8.45. The zero-order valence-electron chi connectivity index (χ0n) is 14.0. The van der Waals surface area contributed by atoms with Gasteiger partial charge in [-0.15, -0.1) is 0 Å². The number of nitrogens with one attached hydrogen (secondary N) is 2. The number of Topliss-reactive ketones (excluding diaryl/α,β-unsaturated/α-hetero) is 1. The lowest BCUT2D eigenvalue weighted by atomic mass is 9.99. The van der Waals surface area contributed by atoms with Crippen LogP contribution in [-0.4, -0.2) is 48.8 Å². The van der Waals surface area contributed by atoms with Crippen LogP contribution in [0.5, 0.6) is 0 Å². The number of ketones is 1. The summed E-state index contributed by atoms with van der Waals surface area (Å²) >= 11 is 0. The van der Waals surface area contributed by atoms with E-state index in [9.17, 15) is 14.4 Å². The molecule has 1 heterocycles. The maximum atomic E-state index is 12.4. The van der Waals surface area contributed by atoms with Crippen molar-refractivity contribution in [2.45, 2.75) is 12.8 Å². The van der Waals surface area contributed by atoms with Gasteiger partial charge in [-0.2, -0.15) is 0 Å². The van der Waals surface area contributed by atoms with Crippen LogP contribution in [0.25, 0.3) is 10.8 Å². The topological polar surface area (TPSA) is 78.5 Å². The van der Waals surface area contributed by atoms with E-state index in [1.165, 1.54) is 0 Å². The quantitative estimate of drug-likeness (QED) is 0.757. The van der Waals surface area contributed by atoms with Crippen LogP contribution >= 0.6 is 0 Å². The molecule has 0 aliphatic carbocycles. The number of benzene rings is 2. The lowest BCUT2D eigenvalue weighted by molar-refractivity contribution is -0.121. The third-order valence-electron chi connectivity index (χ3n) is 4.32. The van der Waals surface area contributed by atoms with Crippen LogP contribution in [0, 0.1) is 0 Å². The normalized spacial score (nSPS) is 13.8. The highest BCUT2D eigenvalue weighted by molar-refractivity contribution is 6.08. The molecule has 0 bridgehead atoms. The molecule has 0 atom stereocenters. The molecule has 130 valence electrons. The minimum absolute atomic E-state index is 0.0362. The molecule has 0 radical (unpaired) electrons. The predicted octanol–water partition coefficient (Wildman–Crippen LogP) is 1.94. The first-order chi connectivity index (χ1) is 12.1. The summed E-state index contributed by atoms with van der Waals surface area (Å²) in [4.78, 5) is 37.4. The van der Waals surface area contributed by atoms with Crippen LogP contribution in [0.15, 0.2) is 42.5 Å². The first kappa shape index (κ1) is 17.0. The fourth-order valence-corrected chi connectivity index (χ4v) is 2.97. The lowest BCUT2D eigenvalue weighted by Gasteiger charge is -2.14. The van der Waals surface area contributed by atoms with Gasteiger partial charge in [0.1, 0.15) is 0 Å². The highest BCUT2D eigenvalue weighted by atomic mass is 16.2. The summed E-state index contributed by atoms with van der Waals surface area (Å²) in [6, 6.07) is 13.3. The summed E-state index contributed by atoms with van der Waals surface area (Å²) in [6.07, 6.45) is 0.318. The Labute approximate surface area is 146 Å². The van der Waals surface area contributed by atoms with Crippen LogP contribution < -0.4 is 10.6 Å². The number of hydrogen-bond donors (Lipinski definition) is 2. The predicted molar refractivity (Wildman–Crippen MR) is 95.5 cm³/mol. The number of urea groups is 1. The van der Waals surface area contributed by atoms with Crippen molar-refractivity contribution in [2.24, 2.45) is 0 Å². The van der Waals surface area contributed by atoms with Crippen molar-refractivity contribution in [2.75, 3.05) is 26.2 Å². The zero-order chi connectivity index (χ0) is 17.6. The van der Waals surface area contributed by atoms with Crippen molar-refractivity contribution < 1.29 is 14.4 Å². The molecule has 0 unspecified atom stereocenters. The Morgan fingerprint density at radius 1 is 1.08 bits per heavy atom. The van der Waals surface area contributed by atoms with Crippen LogP contribution in [0.1, 0.15) is 23.2 Å². The molecule has 0 aromatic heterocycles. The molecule has 6 nitrogen and oxygen atoms in total.